The van der Waals surface area contributed by atoms with Crippen molar-refractivity contribution in [2.45, 2.75) is 12.2 Å². The number of ether oxygens (including phenoxy) is 1. The van der Waals surface area contributed by atoms with E-state index in [0.717, 1.165) is 10.5 Å². The van der Waals surface area contributed by atoms with Gasteiger partial charge in [-0.05, 0) is 29.8 Å². The SMILES string of the molecule is N#CCCN(C(=O)COC(=O)CSCc1ccc(Cl)c(Cl)c1)c1ccccc1F. The van der Waals surface area contributed by atoms with Gasteiger partial charge in [0.25, 0.3) is 5.91 Å². The Bertz CT molecular complexity index is 921. The molecule has 0 spiro atoms. The molecule has 0 heterocycles. The number of halogens is 3. The zero-order valence-electron chi connectivity index (χ0n) is 15.2. The standard InChI is InChI=1S/C20H17Cl2FN2O3S/c21-15-7-6-14(10-16(15)22)12-29-13-20(27)28-11-19(26)25(9-3-8-24)18-5-2-1-4-17(18)23/h1-2,4-7,10H,3,9,11-13H2. The first-order valence-corrected chi connectivity index (χ1v) is 10.4. The summed E-state index contributed by atoms with van der Waals surface area (Å²) in [6.07, 6.45) is 0.0214. The molecule has 0 saturated heterocycles. The molecular weight excluding hydrogens is 438 g/mol. The summed E-state index contributed by atoms with van der Waals surface area (Å²) in [5, 5.41) is 9.66. The molecule has 0 unspecified atom stereocenters. The molecule has 0 fully saturated rings. The lowest BCUT2D eigenvalue weighted by Gasteiger charge is -2.22. The highest BCUT2D eigenvalue weighted by atomic mass is 35.5. The van der Waals surface area contributed by atoms with Crippen LogP contribution in [0.1, 0.15) is 12.0 Å². The van der Waals surface area contributed by atoms with Crippen molar-refractivity contribution in [1.29, 1.82) is 5.26 Å². The second-order valence-corrected chi connectivity index (χ2v) is 7.61. The van der Waals surface area contributed by atoms with Crippen molar-refractivity contribution in [3.05, 3.63) is 63.9 Å². The topological polar surface area (TPSA) is 70.4 Å². The lowest BCUT2D eigenvalue weighted by molar-refractivity contribution is -0.145. The van der Waals surface area contributed by atoms with Gasteiger partial charge in [-0.2, -0.15) is 5.26 Å². The largest absolute Gasteiger partial charge is 0.455 e. The molecule has 0 aliphatic heterocycles. The lowest BCUT2D eigenvalue weighted by atomic mass is 10.2. The molecule has 0 aliphatic rings. The van der Waals surface area contributed by atoms with Gasteiger partial charge in [-0.15, -0.1) is 11.8 Å². The number of amides is 1. The van der Waals surface area contributed by atoms with Crippen molar-refractivity contribution in [3.63, 3.8) is 0 Å². The highest BCUT2D eigenvalue weighted by molar-refractivity contribution is 7.99. The predicted molar refractivity (Wildman–Crippen MR) is 113 cm³/mol. The number of thioether (sulfide) groups is 1. The first kappa shape index (κ1) is 23.0. The molecule has 0 bridgehead atoms. The molecule has 9 heteroatoms. The molecule has 0 aromatic heterocycles. The summed E-state index contributed by atoms with van der Waals surface area (Å²) < 4.78 is 19.0. The fourth-order valence-electron chi connectivity index (χ4n) is 2.36. The minimum Gasteiger partial charge on any atom is -0.455 e. The summed E-state index contributed by atoms with van der Waals surface area (Å²) in [7, 11) is 0. The fourth-order valence-corrected chi connectivity index (χ4v) is 3.44. The Balaban J connectivity index is 1.85. The van der Waals surface area contributed by atoms with Gasteiger partial charge in [-0.25, -0.2) is 4.39 Å². The number of nitrogens with zero attached hydrogens (tertiary/aromatic N) is 2. The monoisotopic (exact) mass is 454 g/mol. The van der Waals surface area contributed by atoms with Gasteiger partial charge in [0, 0.05) is 12.3 Å². The van der Waals surface area contributed by atoms with Crippen LogP contribution in [-0.2, 0) is 20.1 Å². The van der Waals surface area contributed by atoms with Crippen LogP contribution in [-0.4, -0.2) is 30.8 Å². The molecule has 0 aliphatic carbocycles. The first-order chi connectivity index (χ1) is 13.9. The summed E-state index contributed by atoms with van der Waals surface area (Å²) in [5.74, 6) is -1.22. The van der Waals surface area contributed by atoms with E-state index >= 15 is 0 Å². The maximum absolute atomic E-state index is 14.0. The Morgan fingerprint density at radius 1 is 1.17 bits per heavy atom. The van der Waals surface area contributed by atoms with E-state index in [-0.39, 0.29) is 24.4 Å². The Kier molecular flexibility index (Phi) is 9.26. The van der Waals surface area contributed by atoms with Crippen molar-refractivity contribution in [1.82, 2.24) is 0 Å². The minimum absolute atomic E-state index is 0.000106. The van der Waals surface area contributed by atoms with Gasteiger partial charge < -0.3 is 9.64 Å². The average Bonchev–Trinajstić information content (AvgIpc) is 2.70. The van der Waals surface area contributed by atoms with Gasteiger partial charge >= 0.3 is 5.97 Å². The first-order valence-electron chi connectivity index (χ1n) is 8.51. The van der Waals surface area contributed by atoms with E-state index in [2.05, 4.69) is 0 Å². The molecule has 0 saturated carbocycles. The van der Waals surface area contributed by atoms with Crippen molar-refractivity contribution >= 4 is 52.5 Å². The molecule has 2 aromatic carbocycles. The molecule has 5 nitrogen and oxygen atoms in total. The number of esters is 1. The number of rotatable bonds is 9. The number of carbonyl (C=O) groups is 2. The number of anilines is 1. The minimum atomic E-state index is -0.604. The van der Waals surface area contributed by atoms with Crippen LogP contribution >= 0.6 is 35.0 Å². The number of benzene rings is 2. The third-order valence-electron chi connectivity index (χ3n) is 3.72. The van der Waals surface area contributed by atoms with Gasteiger partial charge in [0.05, 0.1) is 34.0 Å². The lowest BCUT2D eigenvalue weighted by Crippen LogP contribution is -2.36. The third-order valence-corrected chi connectivity index (χ3v) is 5.44. The molecule has 1 amide bonds. The second-order valence-electron chi connectivity index (χ2n) is 5.81. The smallest absolute Gasteiger partial charge is 0.316 e. The van der Waals surface area contributed by atoms with E-state index in [0.29, 0.717) is 15.8 Å². The predicted octanol–water partition coefficient (Wildman–Crippen LogP) is 4.86. The van der Waals surface area contributed by atoms with E-state index in [4.69, 9.17) is 33.2 Å². The number of para-hydroxylation sites is 1. The van der Waals surface area contributed by atoms with E-state index in [1.54, 1.807) is 24.3 Å². The normalized spacial score (nSPS) is 10.3. The average molecular weight is 455 g/mol. The maximum atomic E-state index is 14.0. The fraction of sp³-hybridized carbons (Fsp3) is 0.250. The number of hydrogen-bond donors (Lipinski definition) is 0. The molecule has 0 radical (unpaired) electrons. The van der Waals surface area contributed by atoms with Crippen LogP contribution in [0.5, 0.6) is 0 Å². The summed E-state index contributed by atoms with van der Waals surface area (Å²) >= 11 is 13.1. The summed E-state index contributed by atoms with van der Waals surface area (Å²) in [5.41, 5.74) is 0.938. The van der Waals surface area contributed by atoms with Gasteiger partial charge in [0.1, 0.15) is 5.82 Å². The number of hydrogen-bond acceptors (Lipinski definition) is 5. The van der Waals surface area contributed by atoms with Crippen molar-refractivity contribution in [2.75, 3.05) is 23.8 Å². The van der Waals surface area contributed by atoms with Crippen LogP contribution < -0.4 is 4.90 Å². The molecule has 29 heavy (non-hydrogen) atoms. The molecular formula is C20H17Cl2FN2O3S. The molecule has 2 aromatic rings. The van der Waals surface area contributed by atoms with Crippen molar-refractivity contribution in [3.8, 4) is 6.07 Å². The van der Waals surface area contributed by atoms with Crippen LogP contribution in [0.15, 0.2) is 42.5 Å². The van der Waals surface area contributed by atoms with Gasteiger partial charge in [0.2, 0.25) is 0 Å². The molecule has 152 valence electrons. The highest BCUT2D eigenvalue weighted by Crippen LogP contribution is 2.24. The van der Waals surface area contributed by atoms with E-state index in [9.17, 15) is 14.0 Å². The van der Waals surface area contributed by atoms with Crippen molar-refractivity contribution < 1.29 is 18.7 Å². The van der Waals surface area contributed by atoms with Crippen LogP contribution in [0.3, 0.4) is 0 Å². The zero-order valence-corrected chi connectivity index (χ0v) is 17.6. The van der Waals surface area contributed by atoms with E-state index in [1.165, 1.54) is 30.0 Å². The van der Waals surface area contributed by atoms with E-state index < -0.39 is 24.3 Å². The molecule has 2 rings (SSSR count). The number of carbonyl (C=O) groups excluding carboxylic acids is 2. The second kappa shape index (κ2) is 11.7. The van der Waals surface area contributed by atoms with Crippen LogP contribution in [0.25, 0.3) is 0 Å². The Morgan fingerprint density at radius 2 is 1.93 bits per heavy atom. The Hall–Kier alpha value is -2.27. The Morgan fingerprint density at radius 3 is 2.62 bits per heavy atom. The summed E-state index contributed by atoms with van der Waals surface area (Å²) in [6.45, 7) is -0.536. The van der Waals surface area contributed by atoms with Crippen LogP contribution in [0.4, 0.5) is 10.1 Å². The number of nitriles is 1. The Labute approximate surface area is 182 Å². The van der Waals surface area contributed by atoms with Gasteiger partial charge in [0.15, 0.2) is 6.61 Å². The summed E-state index contributed by atoms with van der Waals surface area (Å²) in [6, 6.07) is 12.8. The van der Waals surface area contributed by atoms with Crippen LogP contribution in [0.2, 0.25) is 10.0 Å². The molecule has 0 N–H and O–H groups in total. The quantitative estimate of drug-likeness (QED) is 0.506. The van der Waals surface area contributed by atoms with Crippen LogP contribution in [0, 0.1) is 17.1 Å². The highest BCUT2D eigenvalue weighted by Gasteiger charge is 2.20. The zero-order chi connectivity index (χ0) is 21.2. The van der Waals surface area contributed by atoms with Gasteiger partial charge in [-0.3, -0.25) is 9.59 Å². The van der Waals surface area contributed by atoms with Crippen molar-refractivity contribution in [2.24, 2.45) is 0 Å². The summed E-state index contributed by atoms with van der Waals surface area (Å²) in [4.78, 5) is 25.4. The van der Waals surface area contributed by atoms with Gasteiger partial charge in [-0.1, -0.05) is 41.4 Å². The third kappa shape index (κ3) is 7.24. The van der Waals surface area contributed by atoms with E-state index in [1.807, 2.05) is 6.07 Å². The maximum Gasteiger partial charge on any atom is 0.316 e. The molecule has 0 atom stereocenters.